The van der Waals surface area contributed by atoms with Crippen LogP contribution in [0.1, 0.15) is 38.2 Å². The van der Waals surface area contributed by atoms with E-state index in [-0.39, 0.29) is 18.2 Å². The van der Waals surface area contributed by atoms with Gasteiger partial charge in [0, 0.05) is 6.04 Å². The molecule has 0 aromatic heterocycles. The van der Waals surface area contributed by atoms with Crippen LogP contribution in [0.5, 0.6) is 0 Å². The smallest absolute Gasteiger partial charge is 0.0773 e. The van der Waals surface area contributed by atoms with Crippen molar-refractivity contribution in [3.8, 4) is 0 Å². The fourth-order valence-corrected chi connectivity index (χ4v) is 2.84. The molecule has 1 fully saturated rings. The van der Waals surface area contributed by atoms with E-state index in [0.29, 0.717) is 6.61 Å². The third kappa shape index (κ3) is 3.92. The van der Waals surface area contributed by atoms with Gasteiger partial charge in [0.2, 0.25) is 0 Å². The van der Waals surface area contributed by atoms with Crippen molar-refractivity contribution in [1.29, 1.82) is 0 Å². The maximum atomic E-state index is 10.2. The third-order valence-electron chi connectivity index (χ3n) is 4.01. The zero-order valence-electron chi connectivity index (χ0n) is 12.2. The van der Waals surface area contributed by atoms with Gasteiger partial charge in [0.25, 0.3) is 0 Å². The Kier molecular flexibility index (Phi) is 5.77. The minimum atomic E-state index is 0.105. The summed E-state index contributed by atoms with van der Waals surface area (Å²) in [5, 5.41) is 11.6. The van der Waals surface area contributed by atoms with Crippen LogP contribution in [0.2, 0.25) is 0 Å². The Bertz CT molecular complexity index is 407. The summed E-state index contributed by atoms with van der Waals surface area (Å²) in [4.78, 5) is 0. The van der Waals surface area contributed by atoms with Crippen LogP contribution in [0.15, 0.2) is 43.0 Å². The Morgan fingerprint density at radius 3 is 2.85 bits per heavy atom. The van der Waals surface area contributed by atoms with Crippen LogP contribution in [-0.2, 0) is 11.3 Å². The summed E-state index contributed by atoms with van der Waals surface area (Å²) in [6, 6.07) is 10.5. The van der Waals surface area contributed by atoms with Gasteiger partial charge in [0.05, 0.1) is 18.8 Å². The summed E-state index contributed by atoms with van der Waals surface area (Å²) >= 11 is 0. The number of hydroxylamine groups is 2. The fourth-order valence-electron chi connectivity index (χ4n) is 2.84. The highest BCUT2D eigenvalue weighted by atomic mass is 16.5. The predicted molar refractivity (Wildman–Crippen MR) is 80.6 cm³/mol. The van der Waals surface area contributed by atoms with Gasteiger partial charge in [-0.1, -0.05) is 36.4 Å². The topological polar surface area (TPSA) is 32.7 Å². The highest BCUT2D eigenvalue weighted by Crippen LogP contribution is 2.29. The number of hydrogen-bond donors (Lipinski definition) is 1. The monoisotopic (exact) mass is 275 g/mol. The molecule has 0 saturated carbocycles. The van der Waals surface area contributed by atoms with Gasteiger partial charge in [0.1, 0.15) is 0 Å². The lowest BCUT2D eigenvalue weighted by Gasteiger charge is -2.24. The molecule has 3 heteroatoms. The summed E-state index contributed by atoms with van der Waals surface area (Å²) in [5.74, 6) is 0. The van der Waals surface area contributed by atoms with Crippen molar-refractivity contribution in [1.82, 2.24) is 5.06 Å². The number of nitrogens with zero attached hydrogens (tertiary/aromatic N) is 1. The summed E-state index contributed by atoms with van der Waals surface area (Å²) in [5.41, 5.74) is 1.18. The predicted octanol–water partition coefficient (Wildman–Crippen LogP) is 3.78. The molecule has 0 amide bonds. The molecule has 1 aromatic carbocycles. The Morgan fingerprint density at radius 1 is 1.40 bits per heavy atom. The van der Waals surface area contributed by atoms with Gasteiger partial charge in [-0.2, -0.15) is 5.06 Å². The van der Waals surface area contributed by atoms with Crippen LogP contribution in [0.25, 0.3) is 0 Å². The summed E-state index contributed by atoms with van der Waals surface area (Å²) in [6.07, 6.45) is 5.92. The average molecular weight is 275 g/mol. The zero-order chi connectivity index (χ0) is 14.4. The van der Waals surface area contributed by atoms with E-state index in [4.69, 9.17) is 4.74 Å². The molecular formula is C17H25NO2. The number of rotatable bonds is 7. The molecule has 20 heavy (non-hydrogen) atoms. The molecule has 1 aliphatic rings. The van der Waals surface area contributed by atoms with E-state index in [1.165, 1.54) is 10.6 Å². The van der Waals surface area contributed by atoms with Crippen LogP contribution in [0.3, 0.4) is 0 Å². The first-order valence-electron chi connectivity index (χ1n) is 7.46. The number of unbranched alkanes of at least 4 members (excludes halogenated alkanes) is 1. The molecule has 1 N–H and O–H groups in total. The number of hydrogen-bond acceptors (Lipinski definition) is 3. The number of allylic oxidation sites excluding steroid dienone is 1. The SMILES string of the molecule is C=CCCCC1C(OCc2ccccc2)CC(C)N1O. The molecule has 1 aliphatic heterocycles. The van der Waals surface area contributed by atoms with E-state index < -0.39 is 0 Å². The standard InChI is InChI=1S/C17H25NO2/c1-3-4-6-11-16-17(12-14(2)18(16)19)20-13-15-9-7-5-8-10-15/h3,5,7-10,14,16-17,19H,1,4,6,11-13H2,2H3. The van der Waals surface area contributed by atoms with Crippen molar-refractivity contribution in [2.45, 2.75) is 57.4 Å². The van der Waals surface area contributed by atoms with Crippen molar-refractivity contribution in [2.24, 2.45) is 0 Å². The quantitative estimate of drug-likeness (QED) is 0.607. The van der Waals surface area contributed by atoms with Crippen molar-refractivity contribution < 1.29 is 9.94 Å². The third-order valence-corrected chi connectivity index (χ3v) is 4.01. The lowest BCUT2D eigenvalue weighted by atomic mass is 10.0. The van der Waals surface area contributed by atoms with Gasteiger partial charge >= 0.3 is 0 Å². The Labute approximate surface area is 121 Å². The van der Waals surface area contributed by atoms with Crippen LogP contribution >= 0.6 is 0 Å². The second-order valence-corrected chi connectivity index (χ2v) is 5.59. The molecular weight excluding hydrogens is 250 g/mol. The van der Waals surface area contributed by atoms with E-state index in [2.05, 4.69) is 18.7 Å². The maximum absolute atomic E-state index is 10.2. The van der Waals surface area contributed by atoms with Gasteiger partial charge in [-0.3, -0.25) is 0 Å². The summed E-state index contributed by atoms with van der Waals surface area (Å²) in [6.45, 7) is 6.41. The number of benzene rings is 1. The molecule has 110 valence electrons. The van der Waals surface area contributed by atoms with E-state index >= 15 is 0 Å². The van der Waals surface area contributed by atoms with Gasteiger partial charge in [-0.25, -0.2) is 0 Å². The van der Waals surface area contributed by atoms with Gasteiger partial charge in [-0.15, -0.1) is 6.58 Å². The molecule has 0 radical (unpaired) electrons. The molecule has 1 heterocycles. The lowest BCUT2D eigenvalue weighted by Crippen LogP contribution is -2.36. The molecule has 2 rings (SSSR count). The highest BCUT2D eigenvalue weighted by molar-refractivity contribution is 5.13. The van der Waals surface area contributed by atoms with E-state index in [1.54, 1.807) is 0 Å². The first kappa shape index (κ1) is 15.2. The van der Waals surface area contributed by atoms with Crippen molar-refractivity contribution in [3.63, 3.8) is 0 Å². The van der Waals surface area contributed by atoms with Crippen molar-refractivity contribution >= 4 is 0 Å². The van der Waals surface area contributed by atoms with Gasteiger partial charge in [-0.05, 0) is 38.2 Å². The molecule has 0 bridgehead atoms. The van der Waals surface area contributed by atoms with Crippen molar-refractivity contribution in [2.75, 3.05) is 0 Å². The second-order valence-electron chi connectivity index (χ2n) is 5.59. The molecule has 0 spiro atoms. The molecule has 0 aliphatic carbocycles. The van der Waals surface area contributed by atoms with Crippen molar-refractivity contribution in [3.05, 3.63) is 48.6 Å². The minimum Gasteiger partial charge on any atom is -0.372 e. The largest absolute Gasteiger partial charge is 0.372 e. The van der Waals surface area contributed by atoms with Crippen LogP contribution < -0.4 is 0 Å². The molecule has 3 nitrogen and oxygen atoms in total. The molecule has 3 unspecified atom stereocenters. The molecule has 3 atom stereocenters. The highest BCUT2D eigenvalue weighted by Gasteiger charge is 2.38. The molecule has 1 saturated heterocycles. The summed E-state index contributed by atoms with van der Waals surface area (Å²) < 4.78 is 6.05. The average Bonchev–Trinajstić information content (AvgIpc) is 2.74. The van der Waals surface area contributed by atoms with E-state index in [0.717, 1.165) is 25.7 Å². The summed E-state index contributed by atoms with van der Waals surface area (Å²) in [7, 11) is 0. The fraction of sp³-hybridized carbons (Fsp3) is 0.529. The lowest BCUT2D eigenvalue weighted by molar-refractivity contribution is -0.146. The Balaban J connectivity index is 1.88. The van der Waals surface area contributed by atoms with Crippen LogP contribution in [-0.4, -0.2) is 28.5 Å². The van der Waals surface area contributed by atoms with E-state index in [9.17, 15) is 5.21 Å². The minimum absolute atomic E-state index is 0.105. The maximum Gasteiger partial charge on any atom is 0.0773 e. The van der Waals surface area contributed by atoms with Gasteiger partial charge < -0.3 is 9.94 Å². The zero-order valence-corrected chi connectivity index (χ0v) is 12.2. The van der Waals surface area contributed by atoms with Crippen LogP contribution in [0, 0.1) is 0 Å². The Hall–Kier alpha value is -1.16. The second kappa shape index (κ2) is 7.58. The van der Waals surface area contributed by atoms with E-state index in [1.807, 2.05) is 31.2 Å². The van der Waals surface area contributed by atoms with Gasteiger partial charge in [0.15, 0.2) is 0 Å². The first-order chi connectivity index (χ1) is 9.72. The Morgan fingerprint density at radius 2 is 2.15 bits per heavy atom. The number of ether oxygens (including phenoxy) is 1. The normalized spacial score (nSPS) is 26.8. The first-order valence-corrected chi connectivity index (χ1v) is 7.46. The molecule has 1 aromatic rings. The van der Waals surface area contributed by atoms with Crippen LogP contribution in [0.4, 0.5) is 0 Å².